The van der Waals surface area contributed by atoms with Crippen LogP contribution in [-0.2, 0) is 4.79 Å². The van der Waals surface area contributed by atoms with Crippen molar-refractivity contribution in [2.45, 2.75) is 45.4 Å². The van der Waals surface area contributed by atoms with Crippen molar-refractivity contribution in [3.63, 3.8) is 0 Å². The first-order valence-electron chi connectivity index (χ1n) is 5.05. The summed E-state index contributed by atoms with van der Waals surface area (Å²) in [4.78, 5) is 11.4. The molecular formula is C11H18O. The molecule has 0 bridgehead atoms. The monoisotopic (exact) mass is 166 g/mol. The molecule has 0 atom stereocenters. The predicted molar refractivity (Wildman–Crippen MR) is 51.0 cm³/mol. The van der Waals surface area contributed by atoms with Crippen molar-refractivity contribution >= 4 is 5.78 Å². The van der Waals surface area contributed by atoms with Crippen molar-refractivity contribution in [1.29, 1.82) is 0 Å². The molecule has 1 nitrogen and oxygen atoms in total. The maximum Gasteiger partial charge on any atom is 0.158 e. The van der Waals surface area contributed by atoms with Crippen molar-refractivity contribution in [1.82, 2.24) is 0 Å². The van der Waals surface area contributed by atoms with Crippen LogP contribution < -0.4 is 0 Å². The van der Waals surface area contributed by atoms with E-state index in [-0.39, 0.29) is 0 Å². The van der Waals surface area contributed by atoms with Crippen LogP contribution in [0.2, 0.25) is 0 Å². The van der Waals surface area contributed by atoms with Gasteiger partial charge < -0.3 is 0 Å². The molecule has 0 aromatic rings. The Balaban J connectivity index is 2.26. The molecule has 0 radical (unpaired) electrons. The predicted octanol–water partition coefficient (Wildman–Crippen LogP) is 3.10. The van der Waals surface area contributed by atoms with Gasteiger partial charge in [-0.3, -0.25) is 4.79 Å². The normalized spacial score (nSPS) is 19.1. The maximum absolute atomic E-state index is 11.4. The molecule has 1 rings (SSSR count). The fourth-order valence-corrected chi connectivity index (χ4v) is 1.71. The third-order valence-corrected chi connectivity index (χ3v) is 2.50. The van der Waals surface area contributed by atoms with E-state index in [9.17, 15) is 4.79 Å². The van der Waals surface area contributed by atoms with Gasteiger partial charge in [0.25, 0.3) is 0 Å². The van der Waals surface area contributed by atoms with Crippen LogP contribution in [0, 0.1) is 5.92 Å². The molecule has 0 aromatic heterocycles. The molecule has 1 fully saturated rings. The summed E-state index contributed by atoms with van der Waals surface area (Å²) in [6.07, 6.45) is 10.7. The molecular weight excluding hydrogens is 148 g/mol. The van der Waals surface area contributed by atoms with Gasteiger partial charge in [-0.15, -0.1) is 0 Å². The summed E-state index contributed by atoms with van der Waals surface area (Å²) in [7, 11) is 0. The molecule has 12 heavy (non-hydrogen) atoms. The molecule has 0 spiro atoms. The zero-order chi connectivity index (χ0) is 8.81. The minimum absolute atomic E-state index is 0.359. The maximum atomic E-state index is 11.4. The zero-order valence-electron chi connectivity index (χ0n) is 7.88. The number of ketones is 1. The van der Waals surface area contributed by atoms with Crippen LogP contribution in [0.4, 0.5) is 0 Å². The number of carbonyl (C=O) groups excluding carboxylic acids is 1. The first-order chi connectivity index (χ1) is 5.84. The molecule has 0 aliphatic heterocycles. The average molecular weight is 166 g/mol. The highest BCUT2D eigenvalue weighted by molar-refractivity contribution is 5.91. The molecule has 1 saturated carbocycles. The lowest BCUT2D eigenvalue weighted by Crippen LogP contribution is -2.06. The number of hydrogen-bond donors (Lipinski definition) is 0. The summed E-state index contributed by atoms with van der Waals surface area (Å²) in [6.45, 7) is 2.13. The van der Waals surface area contributed by atoms with E-state index in [2.05, 4.69) is 6.92 Å². The Labute approximate surface area is 74.9 Å². The van der Waals surface area contributed by atoms with Crippen LogP contribution >= 0.6 is 0 Å². The van der Waals surface area contributed by atoms with Gasteiger partial charge in [-0.05, 0) is 25.3 Å². The number of unbranched alkanes of at least 4 members (excludes halogenated alkanes) is 1. The summed E-state index contributed by atoms with van der Waals surface area (Å²) < 4.78 is 0. The van der Waals surface area contributed by atoms with Crippen molar-refractivity contribution in [2.75, 3.05) is 0 Å². The molecule has 0 amide bonds. The van der Waals surface area contributed by atoms with Gasteiger partial charge in [-0.25, -0.2) is 0 Å². The molecule has 0 N–H and O–H groups in total. The van der Waals surface area contributed by atoms with E-state index >= 15 is 0 Å². The van der Waals surface area contributed by atoms with Crippen LogP contribution in [0.25, 0.3) is 0 Å². The van der Waals surface area contributed by atoms with Gasteiger partial charge in [0.05, 0.1) is 0 Å². The van der Waals surface area contributed by atoms with E-state index in [1.54, 1.807) is 6.08 Å². The highest BCUT2D eigenvalue weighted by atomic mass is 16.1. The second-order valence-corrected chi connectivity index (χ2v) is 3.57. The van der Waals surface area contributed by atoms with Gasteiger partial charge in [-0.1, -0.05) is 32.3 Å². The SMILES string of the molecule is CCC/C=C/C(=O)C1CCCC1. The summed E-state index contributed by atoms with van der Waals surface area (Å²) >= 11 is 0. The number of hydrogen-bond acceptors (Lipinski definition) is 1. The molecule has 1 heteroatoms. The van der Waals surface area contributed by atoms with E-state index in [1.807, 2.05) is 6.08 Å². The highest BCUT2D eigenvalue weighted by Gasteiger charge is 2.19. The third-order valence-electron chi connectivity index (χ3n) is 2.50. The first kappa shape index (κ1) is 9.50. The molecule has 0 aromatic carbocycles. The fourth-order valence-electron chi connectivity index (χ4n) is 1.71. The Morgan fingerprint density at radius 1 is 1.42 bits per heavy atom. The zero-order valence-corrected chi connectivity index (χ0v) is 7.88. The molecule has 0 unspecified atom stereocenters. The van der Waals surface area contributed by atoms with Crippen LogP contribution in [0.1, 0.15) is 45.4 Å². The highest BCUT2D eigenvalue weighted by Crippen LogP contribution is 2.25. The van der Waals surface area contributed by atoms with E-state index in [0.29, 0.717) is 11.7 Å². The molecule has 1 aliphatic carbocycles. The quantitative estimate of drug-likeness (QED) is 0.586. The smallest absolute Gasteiger partial charge is 0.158 e. The van der Waals surface area contributed by atoms with Crippen molar-refractivity contribution in [3.05, 3.63) is 12.2 Å². The standard InChI is InChI=1S/C11H18O/c1-2-3-4-9-11(12)10-7-5-6-8-10/h4,9-10H,2-3,5-8H2,1H3/b9-4+. The van der Waals surface area contributed by atoms with E-state index in [0.717, 1.165) is 25.7 Å². The largest absolute Gasteiger partial charge is 0.295 e. The van der Waals surface area contributed by atoms with E-state index in [1.165, 1.54) is 12.8 Å². The Hall–Kier alpha value is -0.590. The minimum atomic E-state index is 0.359. The topological polar surface area (TPSA) is 17.1 Å². The number of allylic oxidation sites excluding steroid dienone is 2. The summed E-state index contributed by atoms with van der Waals surface area (Å²) in [5.74, 6) is 0.721. The summed E-state index contributed by atoms with van der Waals surface area (Å²) in [5.41, 5.74) is 0. The van der Waals surface area contributed by atoms with Gasteiger partial charge in [0.15, 0.2) is 5.78 Å². The van der Waals surface area contributed by atoms with Crippen LogP contribution in [0.15, 0.2) is 12.2 Å². The molecule has 68 valence electrons. The lowest BCUT2D eigenvalue weighted by Gasteiger charge is -2.01. The molecule has 0 heterocycles. The first-order valence-corrected chi connectivity index (χ1v) is 5.05. The lowest BCUT2D eigenvalue weighted by atomic mass is 10.0. The summed E-state index contributed by atoms with van der Waals surface area (Å²) in [6, 6.07) is 0. The molecule has 0 saturated heterocycles. The lowest BCUT2D eigenvalue weighted by molar-refractivity contribution is -0.118. The fraction of sp³-hybridized carbons (Fsp3) is 0.727. The Kier molecular flexibility index (Phi) is 4.06. The van der Waals surface area contributed by atoms with Crippen molar-refractivity contribution < 1.29 is 4.79 Å². The Morgan fingerprint density at radius 2 is 2.08 bits per heavy atom. The second kappa shape index (κ2) is 5.13. The number of rotatable bonds is 4. The second-order valence-electron chi connectivity index (χ2n) is 3.57. The molecule has 1 aliphatic rings. The van der Waals surface area contributed by atoms with E-state index in [4.69, 9.17) is 0 Å². The van der Waals surface area contributed by atoms with Gasteiger partial charge in [0.2, 0.25) is 0 Å². The van der Waals surface area contributed by atoms with Crippen molar-refractivity contribution in [2.24, 2.45) is 5.92 Å². The average Bonchev–Trinajstić information content (AvgIpc) is 2.56. The van der Waals surface area contributed by atoms with Crippen LogP contribution in [0.5, 0.6) is 0 Å². The van der Waals surface area contributed by atoms with Gasteiger partial charge in [0, 0.05) is 5.92 Å². The van der Waals surface area contributed by atoms with E-state index < -0.39 is 0 Å². The minimum Gasteiger partial charge on any atom is -0.295 e. The van der Waals surface area contributed by atoms with Gasteiger partial charge >= 0.3 is 0 Å². The number of carbonyl (C=O) groups is 1. The summed E-state index contributed by atoms with van der Waals surface area (Å²) in [5, 5.41) is 0. The van der Waals surface area contributed by atoms with Gasteiger partial charge in [-0.2, -0.15) is 0 Å². The Morgan fingerprint density at radius 3 is 2.67 bits per heavy atom. The van der Waals surface area contributed by atoms with Crippen LogP contribution in [-0.4, -0.2) is 5.78 Å². The van der Waals surface area contributed by atoms with Gasteiger partial charge in [0.1, 0.15) is 0 Å². The van der Waals surface area contributed by atoms with Crippen LogP contribution in [0.3, 0.4) is 0 Å². The Bertz CT molecular complexity index is 164. The third kappa shape index (κ3) is 2.80. The van der Waals surface area contributed by atoms with Crippen molar-refractivity contribution in [3.8, 4) is 0 Å².